The van der Waals surface area contributed by atoms with E-state index in [1.54, 1.807) is 0 Å². The number of aliphatic carboxylic acids is 1. The fourth-order valence-corrected chi connectivity index (χ4v) is 1.97. The molecule has 20 heavy (non-hydrogen) atoms. The second-order valence-electron chi connectivity index (χ2n) is 4.63. The Bertz CT molecular complexity index is 303. The number of carbonyl (C=O) groups excluding carboxylic acids is 1. The van der Waals surface area contributed by atoms with E-state index < -0.39 is 5.97 Å². The van der Waals surface area contributed by atoms with Crippen molar-refractivity contribution in [2.45, 2.75) is 25.4 Å². The molecule has 1 N–H and O–H groups in total. The third-order valence-electron chi connectivity index (χ3n) is 3.08. The average molecular weight is 289 g/mol. The lowest BCUT2D eigenvalue weighted by molar-refractivity contribution is -0.145. The fourth-order valence-electron chi connectivity index (χ4n) is 1.97. The SMILES string of the molecule is COCCN(CC(=O)O)C(=O)CCOC1CCOCC1. The number of methoxy groups -OCH3 is 1. The molecule has 0 aromatic carbocycles. The minimum atomic E-state index is -1.03. The minimum absolute atomic E-state index is 0.142. The van der Waals surface area contributed by atoms with Gasteiger partial charge in [-0.1, -0.05) is 0 Å². The van der Waals surface area contributed by atoms with Crippen molar-refractivity contribution < 1.29 is 28.9 Å². The molecule has 1 amide bonds. The number of rotatable bonds is 9. The van der Waals surface area contributed by atoms with Gasteiger partial charge in [0.05, 0.1) is 25.7 Å². The fraction of sp³-hybridized carbons (Fsp3) is 0.846. The lowest BCUT2D eigenvalue weighted by Crippen LogP contribution is -2.38. The smallest absolute Gasteiger partial charge is 0.323 e. The van der Waals surface area contributed by atoms with Gasteiger partial charge in [0.15, 0.2) is 0 Å². The van der Waals surface area contributed by atoms with Gasteiger partial charge in [-0.05, 0) is 12.8 Å². The van der Waals surface area contributed by atoms with Crippen molar-refractivity contribution in [3.63, 3.8) is 0 Å². The molecule has 0 aliphatic carbocycles. The van der Waals surface area contributed by atoms with Crippen LogP contribution in [0.1, 0.15) is 19.3 Å². The van der Waals surface area contributed by atoms with Crippen LogP contribution in [0.3, 0.4) is 0 Å². The van der Waals surface area contributed by atoms with Crippen molar-refractivity contribution in [1.29, 1.82) is 0 Å². The highest BCUT2D eigenvalue weighted by Gasteiger charge is 2.18. The number of nitrogens with zero attached hydrogens (tertiary/aromatic N) is 1. The monoisotopic (exact) mass is 289 g/mol. The summed E-state index contributed by atoms with van der Waals surface area (Å²) in [5.74, 6) is -1.25. The van der Waals surface area contributed by atoms with Gasteiger partial charge in [0, 0.05) is 26.9 Å². The summed E-state index contributed by atoms with van der Waals surface area (Å²) in [6, 6.07) is 0. The molecule has 0 aromatic heterocycles. The molecule has 0 spiro atoms. The summed E-state index contributed by atoms with van der Waals surface area (Å²) < 4.78 is 15.7. The lowest BCUT2D eigenvalue weighted by Gasteiger charge is -2.24. The zero-order valence-corrected chi connectivity index (χ0v) is 11.9. The van der Waals surface area contributed by atoms with Gasteiger partial charge in [-0.25, -0.2) is 0 Å². The van der Waals surface area contributed by atoms with E-state index in [1.807, 2.05) is 0 Å². The van der Waals surface area contributed by atoms with Crippen LogP contribution in [0, 0.1) is 0 Å². The van der Waals surface area contributed by atoms with Crippen LogP contribution < -0.4 is 0 Å². The maximum absolute atomic E-state index is 11.9. The van der Waals surface area contributed by atoms with Gasteiger partial charge < -0.3 is 24.2 Å². The molecular weight excluding hydrogens is 266 g/mol. The van der Waals surface area contributed by atoms with Crippen LogP contribution in [0.25, 0.3) is 0 Å². The average Bonchev–Trinajstić information content (AvgIpc) is 2.44. The van der Waals surface area contributed by atoms with Crippen LogP contribution in [0.4, 0.5) is 0 Å². The Balaban J connectivity index is 2.26. The molecule has 7 nitrogen and oxygen atoms in total. The van der Waals surface area contributed by atoms with Crippen molar-refractivity contribution >= 4 is 11.9 Å². The molecule has 0 bridgehead atoms. The number of carboxylic acids is 1. The van der Waals surface area contributed by atoms with Crippen LogP contribution in [-0.4, -0.2) is 74.6 Å². The van der Waals surface area contributed by atoms with E-state index in [2.05, 4.69) is 0 Å². The second kappa shape index (κ2) is 9.68. The Morgan fingerprint density at radius 2 is 2.00 bits per heavy atom. The summed E-state index contributed by atoms with van der Waals surface area (Å²) in [7, 11) is 1.51. The lowest BCUT2D eigenvalue weighted by atomic mass is 10.1. The molecule has 0 aromatic rings. The van der Waals surface area contributed by atoms with Crippen molar-refractivity contribution in [2.24, 2.45) is 0 Å². The van der Waals surface area contributed by atoms with Crippen molar-refractivity contribution in [1.82, 2.24) is 4.90 Å². The highest BCUT2D eigenvalue weighted by atomic mass is 16.5. The van der Waals surface area contributed by atoms with E-state index in [0.717, 1.165) is 12.8 Å². The molecule has 0 radical (unpaired) electrons. The molecule has 1 aliphatic heterocycles. The Labute approximate surface area is 118 Å². The molecule has 1 fully saturated rings. The van der Waals surface area contributed by atoms with Gasteiger partial charge in [0.1, 0.15) is 6.54 Å². The van der Waals surface area contributed by atoms with E-state index >= 15 is 0 Å². The molecule has 116 valence electrons. The molecule has 1 rings (SSSR count). The van der Waals surface area contributed by atoms with E-state index in [-0.39, 0.29) is 31.5 Å². The largest absolute Gasteiger partial charge is 0.480 e. The first kappa shape index (κ1) is 16.9. The number of amides is 1. The molecule has 1 saturated heterocycles. The molecule has 1 heterocycles. The molecule has 1 aliphatic rings. The zero-order valence-electron chi connectivity index (χ0n) is 11.9. The van der Waals surface area contributed by atoms with Gasteiger partial charge in [-0.3, -0.25) is 9.59 Å². The van der Waals surface area contributed by atoms with Gasteiger partial charge in [-0.15, -0.1) is 0 Å². The Morgan fingerprint density at radius 3 is 2.60 bits per heavy atom. The first-order valence-corrected chi connectivity index (χ1v) is 6.81. The highest BCUT2D eigenvalue weighted by Crippen LogP contribution is 2.11. The normalized spacial score (nSPS) is 16.1. The number of hydrogen-bond donors (Lipinski definition) is 1. The summed E-state index contributed by atoms with van der Waals surface area (Å²) >= 11 is 0. The van der Waals surface area contributed by atoms with Crippen LogP contribution in [-0.2, 0) is 23.8 Å². The van der Waals surface area contributed by atoms with Crippen LogP contribution in [0.2, 0.25) is 0 Å². The molecular formula is C13H23NO6. The zero-order chi connectivity index (χ0) is 14.8. The molecule has 0 saturated carbocycles. The predicted molar refractivity (Wildman–Crippen MR) is 70.5 cm³/mol. The first-order chi connectivity index (χ1) is 9.63. The maximum atomic E-state index is 11.9. The van der Waals surface area contributed by atoms with E-state index in [9.17, 15) is 9.59 Å². The van der Waals surface area contributed by atoms with Crippen LogP contribution in [0.5, 0.6) is 0 Å². The maximum Gasteiger partial charge on any atom is 0.323 e. The first-order valence-electron chi connectivity index (χ1n) is 6.81. The van der Waals surface area contributed by atoms with Gasteiger partial charge >= 0.3 is 5.97 Å². The van der Waals surface area contributed by atoms with Gasteiger partial charge in [0.2, 0.25) is 5.91 Å². The highest BCUT2D eigenvalue weighted by molar-refractivity contribution is 5.81. The minimum Gasteiger partial charge on any atom is -0.480 e. The molecule has 0 unspecified atom stereocenters. The van der Waals surface area contributed by atoms with Crippen molar-refractivity contribution in [3.8, 4) is 0 Å². The third kappa shape index (κ3) is 6.83. The topological polar surface area (TPSA) is 85.3 Å². The number of hydrogen-bond acceptors (Lipinski definition) is 5. The van der Waals surface area contributed by atoms with E-state index in [4.69, 9.17) is 19.3 Å². The summed E-state index contributed by atoms with van der Waals surface area (Å²) in [4.78, 5) is 23.9. The summed E-state index contributed by atoms with van der Waals surface area (Å²) in [5, 5.41) is 8.78. The summed E-state index contributed by atoms with van der Waals surface area (Å²) in [6.07, 6.45) is 2.02. The van der Waals surface area contributed by atoms with E-state index in [1.165, 1.54) is 12.0 Å². The standard InChI is InChI=1S/C13H23NO6/c1-18-9-5-14(10-13(16)17)12(15)4-8-20-11-2-6-19-7-3-11/h11H,2-10H2,1H3,(H,16,17). The summed E-state index contributed by atoms with van der Waals surface area (Å²) in [6.45, 7) is 1.99. The number of ether oxygens (including phenoxy) is 3. The Morgan fingerprint density at radius 1 is 1.30 bits per heavy atom. The Kier molecular flexibility index (Phi) is 8.17. The van der Waals surface area contributed by atoms with Crippen molar-refractivity contribution in [2.75, 3.05) is 46.6 Å². The molecule has 0 atom stereocenters. The van der Waals surface area contributed by atoms with Crippen molar-refractivity contribution in [3.05, 3.63) is 0 Å². The Hall–Kier alpha value is -1.18. The van der Waals surface area contributed by atoms with Crippen LogP contribution in [0.15, 0.2) is 0 Å². The van der Waals surface area contributed by atoms with E-state index in [0.29, 0.717) is 26.4 Å². The van der Waals surface area contributed by atoms with Gasteiger partial charge in [-0.2, -0.15) is 0 Å². The van der Waals surface area contributed by atoms with Crippen LogP contribution >= 0.6 is 0 Å². The predicted octanol–water partition coefficient (Wildman–Crippen LogP) is 0.132. The third-order valence-corrected chi connectivity index (χ3v) is 3.08. The number of carbonyl (C=O) groups is 2. The number of carboxylic acid groups (broad SMARTS) is 1. The molecule has 7 heteroatoms. The quantitative estimate of drug-likeness (QED) is 0.649. The van der Waals surface area contributed by atoms with Gasteiger partial charge in [0.25, 0.3) is 0 Å². The summed E-state index contributed by atoms with van der Waals surface area (Å²) in [5.41, 5.74) is 0. The second-order valence-corrected chi connectivity index (χ2v) is 4.63.